The molecule has 84 valence electrons. The van der Waals surface area contributed by atoms with Gasteiger partial charge in [0.05, 0.1) is 0 Å². The van der Waals surface area contributed by atoms with Gasteiger partial charge in [0.2, 0.25) is 0 Å². The third-order valence-corrected chi connectivity index (χ3v) is 4.38. The number of fused-ring (bicyclic) bond motifs is 1. The van der Waals surface area contributed by atoms with E-state index in [9.17, 15) is 12.8 Å². The maximum absolute atomic E-state index is 13.9. The molecule has 0 radical (unpaired) electrons. The van der Waals surface area contributed by atoms with E-state index in [4.69, 9.17) is 10.7 Å². The third kappa shape index (κ3) is 1.95. The fourth-order valence-corrected chi connectivity index (χ4v) is 3.88. The van der Waals surface area contributed by atoms with Crippen LogP contribution in [0.2, 0.25) is 0 Å². The quantitative estimate of drug-likeness (QED) is 0.750. The SMILES string of the molecule is O=S(=O)(Cl)c1c(Br)cc2ccccc2c1F. The van der Waals surface area contributed by atoms with Gasteiger partial charge in [-0.1, -0.05) is 24.3 Å². The van der Waals surface area contributed by atoms with Crippen molar-refractivity contribution in [2.24, 2.45) is 0 Å². The van der Waals surface area contributed by atoms with Gasteiger partial charge in [-0.25, -0.2) is 12.8 Å². The Morgan fingerprint density at radius 2 is 1.88 bits per heavy atom. The summed E-state index contributed by atoms with van der Waals surface area (Å²) in [5.74, 6) is -0.833. The van der Waals surface area contributed by atoms with Gasteiger partial charge in [0, 0.05) is 20.5 Å². The maximum atomic E-state index is 13.9. The Morgan fingerprint density at radius 3 is 2.50 bits per heavy atom. The van der Waals surface area contributed by atoms with Crippen LogP contribution in [-0.4, -0.2) is 8.42 Å². The molecule has 0 unspecified atom stereocenters. The van der Waals surface area contributed by atoms with E-state index in [1.54, 1.807) is 18.2 Å². The molecule has 0 aromatic heterocycles. The summed E-state index contributed by atoms with van der Waals surface area (Å²) in [4.78, 5) is -0.520. The molecule has 0 aliphatic rings. The molecule has 2 nitrogen and oxygen atoms in total. The zero-order valence-corrected chi connectivity index (χ0v) is 10.9. The van der Waals surface area contributed by atoms with Crippen molar-refractivity contribution in [3.63, 3.8) is 0 Å². The summed E-state index contributed by atoms with van der Waals surface area (Å²) in [6, 6.07) is 8.08. The first-order chi connectivity index (χ1) is 7.41. The van der Waals surface area contributed by atoms with E-state index in [2.05, 4.69) is 15.9 Å². The lowest BCUT2D eigenvalue weighted by atomic mass is 10.1. The minimum absolute atomic E-state index is 0.124. The Kier molecular flexibility index (Phi) is 2.94. The molecule has 0 saturated carbocycles. The van der Waals surface area contributed by atoms with Crippen molar-refractivity contribution in [1.82, 2.24) is 0 Å². The molecule has 0 aliphatic heterocycles. The van der Waals surface area contributed by atoms with Crippen LogP contribution in [0.1, 0.15) is 0 Å². The second kappa shape index (κ2) is 3.98. The normalized spacial score (nSPS) is 11.9. The standard InChI is InChI=1S/C10H5BrClFO2S/c11-8-5-6-3-1-2-4-7(6)9(13)10(8)16(12,14)15/h1-5H. The number of hydrogen-bond acceptors (Lipinski definition) is 2. The summed E-state index contributed by atoms with van der Waals surface area (Å²) in [6.07, 6.45) is 0. The van der Waals surface area contributed by atoms with Crippen LogP contribution in [-0.2, 0) is 9.05 Å². The molecule has 6 heteroatoms. The molecule has 0 bridgehead atoms. The molecule has 0 atom stereocenters. The Balaban J connectivity index is 2.98. The summed E-state index contributed by atoms with van der Waals surface area (Å²) in [6.45, 7) is 0. The van der Waals surface area contributed by atoms with E-state index in [-0.39, 0.29) is 9.86 Å². The molecular formula is C10H5BrClFO2S. The molecule has 2 rings (SSSR count). The lowest BCUT2D eigenvalue weighted by molar-refractivity contribution is 0.581. The number of rotatable bonds is 1. The monoisotopic (exact) mass is 322 g/mol. The van der Waals surface area contributed by atoms with E-state index in [1.165, 1.54) is 12.1 Å². The van der Waals surface area contributed by atoms with E-state index >= 15 is 0 Å². The molecule has 0 fully saturated rings. The summed E-state index contributed by atoms with van der Waals surface area (Å²) < 4.78 is 36.5. The van der Waals surface area contributed by atoms with E-state index < -0.39 is 19.8 Å². The van der Waals surface area contributed by atoms with Crippen molar-refractivity contribution in [2.75, 3.05) is 0 Å². The summed E-state index contributed by atoms with van der Waals surface area (Å²) in [5.41, 5.74) is 0. The Bertz CT molecular complexity index is 670. The van der Waals surface area contributed by atoms with Gasteiger partial charge in [0.1, 0.15) is 4.90 Å². The second-order valence-corrected chi connectivity index (χ2v) is 6.52. The largest absolute Gasteiger partial charge is 0.265 e. The van der Waals surface area contributed by atoms with Crippen molar-refractivity contribution >= 4 is 46.4 Å². The molecule has 2 aromatic carbocycles. The fourth-order valence-electron chi connectivity index (χ4n) is 1.48. The highest BCUT2D eigenvalue weighted by Gasteiger charge is 2.22. The predicted octanol–water partition coefficient (Wildman–Crippen LogP) is 3.67. The molecule has 2 aromatic rings. The Morgan fingerprint density at radius 1 is 1.25 bits per heavy atom. The lowest BCUT2D eigenvalue weighted by Gasteiger charge is -2.06. The molecule has 0 saturated heterocycles. The van der Waals surface area contributed by atoms with Crippen molar-refractivity contribution in [1.29, 1.82) is 0 Å². The van der Waals surface area contributed by atoms with Gasteiger partial charge < -0.3 is 0 Å². The van der Waals surface area contributed by atoms with E-state index in [1.807, 2.05) is 0 Å². The summed E-state index contributed by atoms with van der Waals surface area (Å²) in [7, 11) is 1.07. The number of hydrogen-bond donors (Lipinski definition) is 0. The highest BCUT2D eigenvalue weighted by atomic mass is 79.9. The zero-order valence-electron chi connectivity index (χ0n) is 7.75. The zero-order chi connectivity index (χ0) is 11.9. The first-order valence-corrected chi connectivity index (χ1v) is 7.33. The molecule has 0 spiro atoms. The first kappa shape index (κ1) is 11.8. The van der Waals surface area contributed by atoms with Gasteiger partial charge in [-0.3, -0.25) is 0 Å². The molecule has 0 amide bonds. The van der Waals surface area contributed by atoms with Gasteiger partial charge in [-0.2, -0.15) is 0 Å². The van der Waals surface area contributed by atoms with Gasteiger partial charge >= 0.3 is 0 Å². The van der Waals surface area contributed by atoms with Crippen LogP contribution in [0.3, 0.4) is 0 Å². The van der Waals surface area contributed by atoms with E-state index in [0.29, 0.717) is 5.39 Å². The van der Waals surface area contributed by atoms with Crippen LogP contribution in [0.25, 0.3) is 10.8 Å². The average molecular weight is 324 g/mol. The number of benzene rings is 2. The van der Waals surface area contributed by atoms with Crippen LogP contribution in [0, 0.1) is 5.82 Å². The van der Waals surface area contributed by atoms with Crippen molar-refractivity contribution < 1.29 is 12.8 Å². The smallest absolute Gasteiger partial charge is 0.207 e. The number of halogens is 3. The molecule has 16 heavy (non-hydrogen) atoms. The highest BCUT2D eigenvalue weighted by molar-refractivity contribution is 9.10. The summed E-state index contributed by atoms with van der Waals surface area (Å²) in [5, 5.41) is 0.834. The third-order valence-electron chi connectivity index (χ3n) is 2.14. The van der Waals surface area contributed by atoms with E-state index in [0.717, 1.165) is 0 Å². The topological polar surface area (TPSA) is 34.1 Å². The Labute approximate surface area is 105 Å². The highest BCUT2D eigenvalue weighted by Crippen LogP contribution is 2.33. The fraction of sp³-hybridized carbons (Fsp3) is 0. The van der Waals surface area contributed by atoms with Crippen molar-refractivity contribution in [2.45, 2.75) is 4.90 Å². The predicted molar refractivity (Wildman–Crippen MR) is 64.6 cm³/mol. The van der Waals surface area contributed by atoms with Crippen LogP contribution >= 0.6 is 26.6 Å². The van der Waals surface area contributed by atoms with Crippen LogP contribution in [0.4, 0.5) is 4.39 Å². The van der Waals surface area contributed by atoms with Crippen molar-refractivity contribution in [3.8, 4) is 0 Å². The Hall–Kier alpha value is -0.650. The van der Waals surface area contributed by atoms with Crippen molar-refractivity contribution in [3.05, 3.63) is 40.6 Å². The van der Waals surface area contributed by atoms with Crippen LogP contribution in [0.15, 0.2) is 39.7 Å². The minimum Gasteiger partial charge on any atom is -0.207 e. The van der Waals surface area contributed by atoms with Gasteiger partial charge in [0.15, 0.2) is 5.82 Å². The molecule has 0 N–H and O–H groups in total. The lowest BCUT2D eigenvalue weighted by Crippen LogP contribution is -1.98. The maximum Gasteiger partial charge on any atom is 0.265 e. The minimum atomic E-state index is -4.11. The molecule has 0 aliphatic carbocycles. The molecule has 0 heterocycles. The average Bonchev–Trinajstić information content (AvgIpc) is 2.15. The van der Waals surface area contributed by atoms with Gasteiger partial charge in [-0.15, -0.1) is 0 Å². The van der Waals surface area contributed by atoms with Gasteiger partial charge in [-0.05, 0) is 27.4 Å². The van der Waals surface area contributed by atoms with Crippen LogP contribution in [0.5, 0.6) is 0 Å². The first-order valence-electron chi connectivity index (χ1n) is 4.22. The van der Waals surface area contributed by atoms with Gasteiger partial charge in [0.25, 0.3) is 9.05 Å². The summed E-state index contributed by atoms with van der Waals surface area (Å²) >= 11 is 3.00. The second-order valence-electron chi connectivity index (χ2n) is 3.16. The molecular weight excluding hydrogens is 319 g/mol. The van der Waals surface area contributed by atoms with Crippen LogP contribution < -0.4 is 0 Å².